The number of carbonyl (C=O) groups excluding carboxylic acids is 2. The van der Waals surface area contributed by atoms with E-state index in [4.69, 9.17) is 9.26 Å². The Labute approximate surface area is 138 Å². The molecule has 0 aliphatic carbocycles. The molecule has 2 atom stereocenters. The number of carbonyl (C=O) groups is 2. The first-order chi connectivity index (χ1) is 11.7. The molecule has 2 aliphatic rings. The van der Waals surface area contributed by atoms with Gasteiger partial charge in [-0.15, -0.1) is 0 Å². The predicted molar refractivity (Wildman–Crippen MR) is 84.1 cm³/mol. The third kappa shape index (κ3) is 2.67. The number of hydrogen-bond acceptors (Lipinski definition) is 5. The van der Waals surface area contributed by atoms with Crippen LogP contribution in [-0.2, 0) is 9.53 Å². The Morgan fingerprint density at radius 2 is 2.04 bits per heavy atom. The van der Waals surface area contributed by atoms with Crippen molar-refractivity contribution in [3.05, 3.63) is 42.2 Å². The Kier molecular flexibility index (Phi) is 3.78. The largest absolute Gasteiger partial charge is 0.378 e. The fourth-order valence-corrected chi connectivity index (χ4v) is 3.16. The van der Waals surface area contributed by atoms with Gasteiger partial charge < -0.3 is 19.5 Å². The van der Waals surface area contributed by atoms with Crippen molar-refractivity contribution >= 4 is 11.8 Å². The summed E-state index contributed by atoms with van der Waals surface area (Å²) in [7, 11) is 0. The fraction of sp³-hybridized carbons (Fsp3) is 0.353. The lowest BCUT2D eigenvalue weighted by Crippen LogP contribution is -2.44. The first kappa shape index (κ1) is 14.9. The van der Waals surface area contributed by atoms with E-state index in [9.17, 15) is 9.59 Å². The van der Waals surface area contributed by atoms with Crippen LogP contribution >= 0.6 is 0 Å². The van der Waals surface area contributed by atoms with Crippen molar-refractivity contribution in [1.29, 1.82) is 0 Å². The number of hydrogen-bond donors (Lipinski definition) is 1. The minimum absolute atomic E-state index is 0.0543. The van der Waals surface area contributed by atoms with Crippen LogP contribution in [0.2, 0.25) is 0 Å². The molecule has 2 bridgehead atoms. The number of nitrogens with one attached hydrogen (secondary N) is 1. The second kappa shape index (κ2) is 6.09. The van der Waals surface area contributed by atoms with Gasteiger partial charge in [0.1, 0.15) is 17.5 Å². The summed E-state index contributed by atoms with van der Waals surface area (Å²) in [5.41, 5.74) is 1.75. The molecule has 2 saturated heterocycles. The van der Waals surface area contributed by atoms with Crippen molar-refractivity contribution in [2.45, 2.75) is 6.04 Å². The summed E-state index contributed by atoms with van der Waals surface area (Å²) in [6.07, 6.45) is 1.37. The summed E-state index contributed by atoms with van der Waals surface area (Å²) in [6, 6.07) is 9.24. The molecule has 24 heavy (non-hydrogen) atoms. The van der Waals surface area contributed by atoms with Gasteiger partial charge in [-0.1, -0.05) is 35.5 Å². The van der Waals surface area contributed by atoms with Gasteiger partial charge in [0, 0.05) is 18.7 Å². The van der Waals surface area contributed by atoms with Crippen LogP contribution < -0.4 is 5.32 Å². The van der Waals surface area contributed by atoms with Gasteiger partial charge in [0.25, 0.3) is 5.91 Å². The molecule has 2 aromatic rings. The molecule has 2 fully saturated rings. The van der Waals surface area contributed by atoms with Crippen molar-refractivity contribution in [3.63, 3.8) is 0 Å². The van der Waals surface area contributed by atoms with Crippen LogP contribution in [0.5, 0.6) is 0 Å². The van der Waals surface area contributed by atoms with Crippen molar-refractivity contribution in [2.24, 2.45) is 5.92 Å². The van der Waals surface area contributed by atoms with Crippen molar-refractivity contribution in [1.82, 2.24) is 15.4 Å². The number of ether oxygens (including phenoxy) is 1. The molecular weight excluding hydrogens is 310 g/mol. The van der Waals surface area contributed by atoms with Gasteiger partial charge in [-0.25, -0.2) is 0 Å². The smallest absolute Gasteiger partial charge is 0.259 e. The number of amides is 2. The predicted octanol–water partition coefficient (Wildman–Crippen LogP) is 0.929. The molecule has 1 aromatic heterocycles. The summed E-state index contributed by atoms with van der Waals surface area (Å²) in [6.45, 7) is 1.50. The standard InChI is InChI=1S/C17H17N3O4/c21-16-12-6-20(7-13(18-16)9-23-8-12)17(22)14-10-24-19-15(14)11-4-2-1-3-5-11/h1-5,10,12-13H,6-9H2,(H,18,21)/t12-,13+/m1/s1. The topological polar surface area (TPSA) is 84.7 Å². The van der Waals surface area contributed by atoms with Crippen LogP contribution in [0.3, 0.4) is 0 Å². The Hall–Kier alpha value is -2.67. The van der Waals surface area contributed by atoms with Crippen molar-refractivity contribution in [2.75, 3.05) is 26.3 Å². The number of fused-ring (bicyclic) bond motifs is 3. The fourth-order valence-electron chi connectivity index (χ4n) is 3.16. The molecule has 2 amide bonds. The van der Waals surface area contributed by atoms with Crippen LogP contribution in [0.25, 0.3) is 11.3 Å². The maximum Gasteiger partial charge on any atom is 0.259 e. The zero-order valence-corrected chi connectivity index (χ0v) is 13.0. The van der Waals surface area contributed by atoms with Crippen LogP contribution in [-0.4, -0.2) is 54.2 Å². The highest BCUT2D eigenvalue weighted by molar-refractivity contribution is 6.00. The van der Waals surface area contributed by atoms with E-state index in [1.165, 1.54) is 6.26 Å². The van der Waals surface area contributed by atoms with Crippen LogP contribution in [0.1, 0.15) is 10.4 Å². The van der Waals surface area contributed by atoms with E-state index < -0.39 is 0 Å². The minimum atomic E-state index is -0.346. The summed E-state index contributed by atoms with van der Waals surface area (Å²) in [5, 5.41) is 6.90. The Morgan fingerprint density at radius 3 is 2.88 bits per heavy atom. The minimum Gasteiger partial charge on any atom is -0.378 e. The molecule has 0 radical (unpaired) electrons. The van der Waals surface area contributed by atoms with Gasteiger partial charge in [0.15, 0.2) is 0 Å². The van der Waals surface area contributed by atoms with E-state index in [-0.39, 0.29) is 23.8 Å². The quantitative estimate of drug-likeness (QED) is 0.887. The van der Waals surface area contributed by atoms with Crippen LogP contribution in [0, 0.1) is 5.92 Å². The third-order valence-electron chi connectivity index (χ3n) is 4.37. The van der Waals surface area contributed by atoms with Crippen LogP contribution in [0.4, 0.5) is 0 Å². The maximum absolute atomic E-state index is 13.0. The van der Waals surface area contributed by atoms with E-state index in [0.717, 1.165) is 5.56 Å². The van der Waals surface area contributed by atoms with Gasteiger partial charge >= 0.3 is 0 Å². The SMILES string of the molecule is O=C1N[C@@H]2COC[C@H]1CN(C(=O)c1conc1-c1ccccc1)C2. The van der Waals surface area contributed by atoms with E-state index >= 15 is 0 Å². The van der Waals surface area contributed by atoms with Gasteiger partial charge in [-0.3, -0.25) is 9.59 Å². The molecular formula is C17H17N3O4. The molecule has 4 rings (SSSR count). The normalized spacial score (nSPS) is 23.5. The van der Waals surface area contributed by atoms with Gasteiger partial charge in [-0.2, -0.15) is 0 Å². The third-order valence-corrected chi connectivity index (χ3v) is 4.37. The average molecular weight is 327 g/mol. The molecule has 7 nitrogen and oxygen atoms in total. The van der Waals surface area contributed by atoms with E-state index in [2.05, 4.69) is 10.5 Å². The molecule has 0 spiro atoms. The highest BCUT2D eigenvalue weighted by Crippen LogP contribution is 2.24. The second-order valence-electron chi connectivity index (χ2n) is 6.09. The zero-order chi connectivity index (χ0) is 16.5. The first-order valence-corrected chi connectivity index (χ1v) is 7.89. The second-order valence-corrected chi connectivity index (χ2v) is 6.09. The first-order valence-electron chi connectivity index (χ1n) is 7.89. The van der Waals surface area contributed by atoms with E-state index in [0.29, 0.717) is 37.6 Å². The zero-order valence-electron chi connectivity index (χ0n) is 13.0. The van der Waals surface area contributed by atoms with Crippen molar-refractivity contribution < 1.29 is 18.8 Å². The number of benzene rings is 1. The van der Waals surface area contributed by atoms with Crippen LogP contribution in [0.15, 0.2) is 41.1 Å². The summed E-state index contributed by atoms with van der Waals surface area (Å²) >= 11 is 0. The van der Waals surface area contributed by atoms with Gasteiger partial charge in [-0.05, 0) is 0 Å². The molecule has 2 aliphatic heterocycles. The molecule has 1 N–H and O–H groups in total. The van der Waals surface area contributed by atoms with Gasteiger partial charge in [0.2, 0.25) is 5.91 Å². The number of nitrogens with zero attached hydrogens (tertiary/aromatic N) is 2. The lowest BCUT2D eigenvalue weighted by atomic mass is 10.1. The molecule has 3 heterocycles. The Bertz CT molecular complexity index is 758. The summed E-state index contributed by atoms with van der Waals surface area (Å²) in [5.74, 6) is -0.577. The monoisotopic (exact) mass is 327 g/mol. The lowest BCUT2D eigenvalue weighted by molar-refractivity contribution is -0.125. The van der Waals surface area contributed by atoms with E-state index in [1.807, 2.05) is 30.3 Å². The Balaban J connectivity index is 1.63. The molecule has 0 saturated carbocycles. The van der Waals surface area contributed by atoms with Crippen molar-refractivity contribution in [3.8, 4) is 11.3 Å². The summed E-state index contributed by atoms with van der Waals surface area (Å²) < 4.78 is 10.5. The molecule has 1 aromatic carbocycles. The molecule has 124 valence electrons. The lowest BCUT2D eigenvalue weighted by Gasteiger charge is -2.27. The van der Waals surface area contributed by atoms with Gasteiger partial charge in [0.05, 0.1) is 25.2 Å². The average Bonchev–Trinajstić information content (AvgIpc) is 2.93. The summed E-state index contributed by atoms with van der Waals surface area (Å²) in [4.78, 5) is 26.8. The number of aromatic nitrogens is 1. The number of rotatable bonds is 2. The highest BCUT2D eigenvalue weighted by atomic mass is 16.5. The molecule has 0 unspecified atom stereocenters. The highest BCUT2D eigenvalue weighted by Gasteiger charge is 2.36. The maximum atomic E-state index is 13.0. The van der Waals surface area contributed by atoms with E-state index in [1.54, 1.807) is 4.90 Å². The Morgan fingerprint density at radius 1 is 1.21 bits per heavy atom. The molecule has 7 heteroatoms.